The molecule has 0 heterocycles. The van der Waals surface area contributed by atoms with Crippen LogP contribution >= 0.6 is 0 Å². The van der Waals surface area contributed by atoms with Crippen molar-refractivity contribution in [2.45, 2.75) is 26.7 Å². The van der Waals surface area contributed by atoms with Gasteiger partial charge in [-0.2, -0.15) is 0 Å². The standard InChI is InChI=1S/C19H21N/c1-3-16-13-14-17(18(4-2)19(16)20)12-8-11-15-9-6-5-7-10-15/h5-7,9-14H,3-4,20H2,1-2H3. The molecule has 20 heavy (non-hydrogen) atoms. The monoisotopic (exact) mass is 263 g/mol. The maximum atomic E-state index is 6.23. The lowest BCUT2D eigenvalue weighted by atomic mass is 9.97. The molecule has 0 aliphatic rings. The van der Waals surface area contributed by atoms with E-state index in [4.69, 9.17) is 5.73 Å². The first-order valence-electron chi connectivity index (χ1n) is 7.14. The zero-order valence-electron chi connectivity index (χ0n) is 12.2. The molecule has 0 aliphatic carbocycles. The molecule has 2 aromatic carbocycles. The van der Waals surface area contributed by atoms with Crippen LogP contribution in [0.5, 0.6) is 0 Å². The second-order valence-electron chi connectivity index (χ2n) is 4.78. The summed E-state index contributed by atoms with van der Waals surface area (Å²) in [5.74, 6) is 0. The van der Waals surface area contributed by atoms with Gasteiger partial charge in [-0.05, 0) is 47.2 Å². The average molecular weight is 263 g/mol. The smallest absolute Gasteiger partial charge is 0.0385 e. The summed E-state index contributed by atoms with van der Waals surface area (Å²) in [4.78, 5) is 0. The Bertz CT molecular complexity index is 632. The number of nitrogens with two attached hydrogens (primary N) is 1. The van der Waals surface area contributed by atoms with Crippen molar-refractivity contribution in [2.24, 2.45) is 0 Å². The van der Waals surface area contributed by atoms with Crippen molar-refractivity contribution in [3.05, 3.63) is 70.4 Å². The van der Waals surface area contributed by atoms with Gasteiger partial charge in [-0.25, -0.2) is 0 Å². The summed E-state index contributed by atoms with van der Waals surface area (Å²) in [7, 11) is 0. The molecule has 0 spiro atoms. The van der Waals surface area contributed by atoms with Crippen LogP contribution in [-0.4, -0.2) is 0 Å². The Morgan fingerprint density at radius 2 is 1.70 bits per heavy atom. The lowest BCUT2D eigenvalue weighted by Gasteiger charge is -2.11. The topological polar surface area (TPSA) is 26.0 Å². The molecule has 2 aromatic rings. The molecule has 2 rings (SSSR count). The number of hydrogen-bond acceptors (Lipinski definition) is 1. The van der Waals surface area contributed by atoms with E-state index in [-0.39, 0.29) is 0 Å². The van der Waals surface area contributed by atoms with Crippen LogP contribution in [0.2, 0.25) is 0 Å². The largest absolute Gasteiger partial charge is 0.398 e. The van der Waals surface area contributed by atoms with E-state index in [2.05, 4.69) is 43.8 Å². The molecule has 0 saturated carbocycles. The van der Waals surface area contributed by atoms with E-state index in [1.54, 1.807) is 0 Å². The quantitative estimate of drug-likeness (QED) is 0.627. The highest BCUT2D eigenvalue weighted by Gasteiger charge is 2.06. The minimum atomic E-state index is 0.935. The Kier molecular flexibility index (Phi) is 4.81. The lowest BCUT2D eigenvalue weighted by molar-refractivity contribution is 1.09. The summed E-state index contributed by atoms with van der Waals surface area (Å²) in [6, 6.07) is 14.5. The third-order valence-corrected chi connectivity index (χ3v) is 3.51. The molecule has 0 atom stereocenters. The van der Waals surface area contributed by atoms with Crippen LogP contribution in [0.1, 0.15) is 36.1 Å². The summed E-state index contributed by atoms with van der Waals surface area (Å²) < 4.78 is 0. The maximum absolute atomic E-state index is 6.23. The minimum Gasteiger partial charge on any atom is -0.398 e. The molecule has 1 heteroatoms. The molecule has 0 amide bonds. The molecule has 2 N–H and O–H groups in total. The van der Waals surface area contributed by atoms with Crippen molar-refractivity contribution in [3.8, 4) is 0 Å². The summed E-state index contributed by atoms with van der Waals surface area (Å²) in [5, 5.41) is 0. The van der Waals surface area contributed by atoms with Gasteiger partial charge in [0.25, 0.3) is 0 Å². The summed E-state index contributed by atoms with van der Waals surface area (Å²) >= 11 is 0. The van der Waals surface area contributed by atoms with Crippen LogP contribution in [0.25, 0.3) is 12.2 Å². The normalized spacial score (nSPS) is 9.90. The van der Waals surface area contributed by atoms with Gasteiger partial charge in [0.15, 0.2) is 0 Å². The predicted octanol–water partition coefficient (Wildman–Crippen LogP) is 4.72. The summed E-state index contributed by atoms with van der Waals surface area (Å²) in [5.41, 5.74) is 15.2. The molecular weight excluding hydrogens is 242 g/mol. The first-order chi connectivity index (χ1) is 9.76. The van der Waals surface area contributed by atoms with Gasteiger partial charge in [0.1, 0.15) is 0 Å². The van der Waals surface area contributed by atoms with Crippen molar-refractivity contribution in [2.75, 3.05) is 5.73 Å². The van der Waals surface area contributed by atoms with Crippen LogP contribution in [0.15, 0.2) is 48.2 Å². The number of hydrogen-bond donors (Lipinski definition) is 1. The van der Waals surface area contributed by atoms with E-state index in [0.717, 1.165) is 29.7 Å². The Morgan fingerprint density at radius 3 is 2.35 bits per heavy atom. The summed E-state index contributed by atoms with van der Waals surface area (Å²) in [6.07, 6.45) is 5.92. The van der Waals surface area contributed by atoms with Crippen molar-refractivity contribution >= 4 is 17.8 Å². The molecule has 0 aromatic heterocycles. The number of aryl methyl sites for hydroxylation is 1. The van der Waals surface area contributed by atoms with Crippen LogP contribution in [0.3, 0.4) is 0 Å². The molecule has 0 radical (unpaired) electrons. The molecule has 0 aliphatic heterocycles. The van der Waals surface area contributed by atoms with Gasteiger partial charge in [-0.3, -0.25) is 0 Å². The fourth-order valence-corrected chi connectivity index (χ4v) is 2.35. The van der Waals surface area contributed by atoms with Crippen molar-refractivity contribution in [3.63, 3.8) is 0 Å². The molecule has 0 saturated heterocycles. The fraction of sp³-hybridized carbons (Fsp3) is 0.211. The average Bonchev–Trinajstić information content (AvgIpc) is 2.49. The van der Waals surface area contributed by atoms with Crippen LogP contribution in [-0.2, 0) is 12.8 Å². The Hall–Kier alpha value is -2.24. The number of rotatable bonds is 4. The van der Waals surface area contributed by atoms with Crippen molar-refractivity contribution in [1.29, 1.82) is 0 Å². The molecular formula is C19H21N. The zero-order chi connectivity index (χ0) is 14.4. The first-order valence-corrected chi connectivity index (χ1v) is 7.14. The van der Waals surface area contributed by atoms with Crippen LogP contribution in [0.4, 0.5) is 5.69 Å². The van der Waals surface area contributed by atoms with Gasteiger partial charge in [0.2, 0.25) is 0 Å². The fourth-order valence-electron chi connectivity index (χ4n) is 2.35. The highest BCUT2D eigenvalue weighted by atomic mass is 14.6. The maximum Gasteiger partial charge on any atom is 0.0385 e. The van der Waals surface area contributed by atoms with E-state index < -0.39 is 0 Å². The van der Waals surface area contributed by atoms with Crippen LogP contribution < -0.4 is 5.73 Å². The van der Waals surface area contributed by atoms with E-state index in [1.807, 2.05) is 30.4 Å². The number of anilines is 1. The van der Waals surface area contributed by atoms with Gasteiger partial charge in [-0.15, -0.1) is 5.73 Å². The van der Waals surface area contributed by atoms with E-state index in [1.165, 1.54) is 11.1 Å². The second-order valence-corrected chi connectivity index (χ2v) is 4.78. The molecule has 0 fully saturated rings. The zero-order valence-corrected chi connectivity index (χ0v) is 12.2. The number of nitrogen functional groups attached to an aromatic ring is 1. The van der Waals surface area contributed by atoms with Gasteiger partial charge < -0.3 is 5.73 Å². The molecule has 0 bridgehead atoms. The Morgan fingerprint density at radius 1 is 0.950 bits per heavy atom. The molecule has 0 unspecified atom stereocenters. The lowest BCUT2D eigenvalue weighted by Crippen LogP contribution is -2.00. The third-order valence-electron chi connectivity index (χ3n) is 3.51. The highest BCUT2D eigenvalue weighted by Crippen LogP contribution is 2.24. The van der Waals surface area contributed by atoms with Crippen LogP contribution in [0, 0.1) is 0 Å². The van der Waals surface area contributed by atoms with Gasteiger partial charge in [0, 0.05) is 5.69 Å². The van der Waals surface area contributed by atoms with E-state index >= 15 is 0 Å². The minimum absolute atomic E-state index is 0.935. The molecule has 102 valence electrons. The van der Waals surface area contributed by atoms with Gasteiger partial charge in [0.05, 0.1) is 0 Å². The van der Waals surface area contributed by atoms with E-state index in [9.17, 15) is 0 Å². The van der Waals surface area contributed by atoms with E-state index in [0.29, 0.717) is 0 Å². The Balaban J connectivity index is 2.34. The highest BCUT2D eigenvalue weighted by molar-refractivity contribution is 5.67. The SMILES string of the molecule is CCc1ccc(C=C=Cc2ccccc2)c(CC)c1N. The van der Waals surface area contributed by atoms with Gasteiger partial charge in [-0.1, -0.05) is 56.3 Å². The van der Waals surface area contributed by atoms with Gasteiger partial charge >= 0.3 is 0 Å². The summed E-state index contributed by atoms with van der Waals surface area (Å²) in [6.45, 7) is 4.28. The Labute approximate surface area is 121 Å². The first kappa shape index (κ1) is 14.2. The molecule has 1 nitrogen and oxygen atoms in total. The van der Waals surface area contributed by atoms with Crippen molar-refractivity contribution in [1.82, 2.24) is 0 Å². The predicted molar refractivity (Wildman–Crippen MR) is 88.5 cm³/mol. The number of benzene rings is 2. The third kappa shape index (κ3) is 3.20. The van der Waals surface area contributed by atoms with Crippen molar-refractivity contribution < 1.29 is 0 Å². The second kappa shape index (κ2) is 6.79.